The Morgan fingerprint density at radius 2 is 1.87 bits per heavy atom. The molecule has 0 atom stereocenters. The standard InChI is InChI=1S/C21H25N5O4S/c1-15(27)7-10-25-11-8-17(9-12-25)30-21-19-13-24-26(20(19)22-14-23-21)16-3-5-18(6-4-16)31(2,28)29/h3-6,13-14,17H,7-12H2,1-2H3. The number of ketones is 1. The zero-order valence-electron chi connectivity index (χ0n) is 17.6. The van der Waals surface area contributed by atoms with Crippen LogP contribution in [-0.4, -0.2) is 70.8 Å². The first-order valence-electron chi connectivity index (χ1n) is 10.2. The third-order valence-corrected chi connectivity index (χ3v) is 6.56. The van der Waals surface area contributed by atoms with Crippen LogP contribution in [0.15, 0.2) is 41.7 Å². The molecule has 9 nitrogen and oxygen atoms in total. The fraction of sp³-hybridized carbons (Fsp3) is 0.429. The number of ether oxygens (including phenoxy) is 1. The van der Waals surface area contributed by atoms with Gasteiger partial charge in [0.1, 0.15) is 23.6 Å². The minimum Gasteiger partial charge on any atom is -0.474 e. The summed E-state index contributed by atoms with van der Waals surface area (Å²) in [5, 5.41) is 5.11. The van der Waals surface area contributed by atoms with Crippen LogP contribution < -0.4 is 4.74 Å². The second-order valence-corrected chi connectivity index (χ2v) is 9.87. The van der Waals surface area contributed by atoms with Crippen molar-refractivity contribution in [2.75, 3.05) is 25.9 Å². The lowest BCUT2D eigenvalue weighted by atomic mass is 10.1. The highest BCUT2D eigenvalue weighted by Gasteiger charge is 2.22. The molecule has 0 bridgehead atoms. The van der Waals surface area contributed by atoms with Gasteiger partial charge in [-0.2, -0.15) is 5.10 Å². The molecule has 4 rings (SSSR count). The van der Waals surface area contributed by atoms with Gasteiger partial charge in [-0.05, 0) is 44.0 Å². The number of rotatable bonds is 7. The van der Waals surface area contributed by atoms with Crippen LogP contribution >= 0.6 is 0 Å². The number of piperidine rings is 1. The van der Waals surface area contributed by atoms with Gasteiger partial charge in [-0.25, -0.2) is 23.1 Å². The van der Waals surface area contributed by atoms with Crippen molar-refractivity contribution in [3.63, 3.8) is 0 Å². The minimum atomic E-state index is -3.26. The van der Waals surface area contributed by atoms with Crippen molar-refractivity contribution in [3.05, 3.63) is 36.8 Å². The molecule has 1 aliphatic heterocycles. The summed E-state index contributed by atoms with van der Waals surface area (Å²) >= 11 is 0. The van der Waals surface area contributed by atoms with Crippen molar-refractivity contribution in [1.29, 1.82) is 0 Å². The predicted molar refractivity (Wildman–Crippen MR) is 115 cm³/mol. The molecular weight excluding hydrogens is 418 g/mol. The van der Waals surface area contributed by atoms with E-state index in [4.69, 9.17) is 4.74 Å². The van der Waals surface area contributed by atoms with Gasteiger partial charge in [0, 0.05) is 32.3 Å². The number of Topliss-reactive ketones (excluding diaryl/α,β-unsaturated/α-hetero) is 1. The fourth-order valence-corrected chi connectivity index (χ4v) is 4.29. The molecule has 1 aromatic carbocycles. The van der Waals surface area contributed by atoms with Crippen LogP contribution in [0.5, 0.6) is 5.88 Å². The van der Waals surface area contributed by atoms with E-state index in [2.05, 4.69) is 20.0 Å². The second-order valence-electron chi connectivity index (χ2n) is 7.85. The molecule has 0 saturated carbocycles. The van der Waals surface area contributed by atoms with E-state index in [9.17, 15) is 13.2 Å². The lowest BCUT2D eigenvalue weighted by Gasteiger charge is -2.31. The Kier molecular flexibility index (Phi) is 6.01. The number of aromatic nitrogens is 4. The fourth-order valence-electron chi connectivity index (χ4n) is 3.66. The molecule has 0 radical (unpaired) electrons. The van der Waals surface area contributed by atoms with Gasteiger partial charge in [0.25, 0.3) is 0 Å². The van der Waals surface area contributed by atoms with Crippen LogP contribution in [0.4, 0.5) is 0 Å². The SMILES string of the molecule is CC(=O)CCN1CCC(Oc2ncnc3c2cnn3-c2ccc(S(C)(=O)=O)cc2)CC1. The number of carbonyl (C=O) groups excluding carboxylic acids is 1. The molecule has 0 aliphatic carbocycles. The van der Waals surface area contributed by atoms with E-state index in [1.807, 2.05) is 0 Å². The Bertz CT molecular complexity index is 1180. The molecule has 1 fully saturated rings. The number of nitrogens with zero attached hydrogens (tertiary/aromatic N) is 5. The number of carbonyl (C=O) groups is 1. The molecular formula is C21H25N5O4S. The molecule has 31 heavy (non-hydrogen) atoms. The minimum absolute atomic E-state index is 0.0454. The predicted octanol–water partition coefficient (Wildman–Crippen LogP) is 2.04. The maximum Gasteiger partial charge on any atom is 0.228 e. The van der Waals surface area contributed by atoms with Crippen molar-refractivity contribution >= 4 is 26.7 Å². The van der Waals surface area contributed by atoms with Gasteiger partial charge in [-0.1, -0.05) is 0 Å². The summed E-state index contributed by atoms with van der Waals surface area (Å²) in [5.41, 5.74) is 1.29. The molecule has 0 N–H and O–H groups in total. The molecule has 164 valence electrons. The van der Waals surface area contributed by atoms with Crippen molar-refractivity contribution in [3.8, 4) is 11.6 Å². The van der Waals surface area contributed by atoms with E-state index >= 15 is 0 Å². The van der Waals surface area contributed by atoms with Gasteiger partial charge in [-0.3, -0.25) is 4.79 Å². The maximum absolute atomic E-state index is 11.7. The van der Waals surface area contributed by atoms with Gasteiger partial charge < -0.3 is 9.64 Å². The third kappa shape index (κ3) is 4.91. The molecule has 1 aliphatic rings. The van der Waals surface area contributed by atoms with Crippen molar-refractivity contribution in [2.45, 2.75) is 37.2 Å². The highest BCUT2D eigenvalue weighted by atomic mass is 32.2. The van der Waals surface area contributed by atoms with Crippen LogP contribution in [0.3, 0.4) is 0 Å². The van der Waals surface area contributed by atoms with E-state index < -0.39 is 9.84 Å². The summed E-state index contributed by atoms with van der Waals surface area (Å²) < 4.78 is 31.2. The number of fused-ring (bicyclic) bond motifs is 1. The summed E-state index contributed by atoms with van der Waals surface area (Å²) in [4.78, 5) is 22.4. The largest absolute Gasteiger partial charge is 0.474 e. The number of likely N-dealkylation sites (tertiary alicyclic amines) is 1. The summed E-state index contributed by atoms with van der Waals surface area (Å²) in [6, 6.07) is 6.50. The Labute approximate surface area is 181 Å². The van der Waals surface area contributed by atoms with Crippen LogP contribution in [0, 0.1) is 0 Å². The number of hydrogen-bond acceptors (Lipinski definition) is 8. The Morgan fingerprint density at radius 1 is 1.16 bits per heavy atom. The van der Waals surface area contributed by atoms with Crippen LogP contribution in [0.2, 0.25) is 0 Å². The number of sulfone groups is 1. The highest BCUT2D eigenvalue weighted by molar-refractivity contribution is 7.90. The molecule has 0 amide bonds. The second kappa shape index (κ2) is 8.72. The van der Waals surface area contributed by atoms with Crippen LogP contribution in [-0.2, 0) is 14.6 Å². The summed E-state index contributed by atoms with van der Waals surface area (Å²) in [7, 11) is -3.26. The first-order valence-corrected chi connectivity index (χ1v) is 12.1. The van der Waals surface area contributed by atoms with E-state index in [-0.39, 0.29) is 16.8 Å². The molecule has 3 aromatic rings. The first kappa shape index (κ1) is 21.4. The molecule has 3 heterocycles. The Hall–Kier alpha value is -2.85. The molecule has 2 aromatic heterocycles. The summed E-state index contributed by atoms with van der Waals surface area (Å²) in [6.07, 6.45) is 6.65. The van der Waals surface area contributed by atoms with Gasteiger partial charge in [0.15, 0.2) is 15.5 Å². The van der Waals surface area contributed by atoms with E-state index in [0.717, 1.165) is 32.5 Å². The normalized spacial score (nSPS) is 15.9. The summed E-state index contributed by atoms with van der Waals surface area (Å²) in [6.45, 7) is 4.19. The highest BCUT2D eigenvalue weighted by Crippen LogP contribution is 2.26. The quantitative estimate of drug-likeness (QED) is 0.546. The number of benzene rings is 1. The van der Waals surface area contributed by atoms with Gasteiger partial charge in [0.05, 0.1) is 16.8 Å². The van der Waals surface area contributed by atoms with E-state index in [1.165, 1.54) is 12.6 Å². The molecule has 0 unspecified atom stereocenters. The maximum atomic E-state index is 11.7. The van der Waals surface area contributed by atoms with E-state index in [0.29, 0.717) is 29.0 Å². The monoisotopic (exact) mass is 443 g/mol. The average Bonchev–Trinajstić information content (AvgIpc) is 3.18. The zero-order valence-corrected chi connectivity index (χ0v) is 18.4. The molecule has 10 heteroatoms. The van der Waals surface area contributed by atoms with Crippen molar-refractivity contribution < 1.29 is 17.9 Å². The van der Waals surface area contributed by atoms with Gasteiger partial charge >= 0.3 is 0 Å². The molecule has 0 spiro atoms. The van der Waals surface area contributed by atoms with Crippen LogP contribution in [0.1, 0.15) is 26.2 Å². The summed E-state index contributed by atoms with van der Waals surface area (Å²) in [5.74, 6) is 0.705. The average molecular weight is 444 g/mol. The van der Waals surface area contributed by atoms with Crippen molar-refractivity contribution in [1.82, 2.24) is 24.6 Å². The van der Waals surface area contributed by atoms with Crippen molar-refractivity contribution in [2.24, 2.45) is 0 Å². The topological polar surface area (TPSA) is 107 Å². The molecule has 1 saturated heterocycles. The zero-order chi connectivity index (χ0) is 22.0. The Balaban J connectivity index is 1.49. The number of hydrogen-bond donors (Lipinski definition) is 0. The first-order chi connectivity index (χ1) is 14.8. The smallest absolute Gasteiger partial charge is 0.228 e. The van der Waals surface area contributed by atoms with Gasteiger partial charge in [-0.15, -0.1) is 0 Å². The lowest BCUT2D eigenvalue weighted by Crippen LogP contribution is -2.39. The third-order valence-electron chi connectivity index (χ3n) is 5.43. The van der Waals surface area contributed by atoms with Crippen LogP contribution in [0.25, 0.3) is 16.7 Å². The van der Waals surface area contributed by atoms with Gasteiger partial charge in [0.2, 0.25) is 5.88 Å². The lowest BCUT2D eigenvalue weighted by molar-refractivity contribution is -0.117. The van der Waals surface area contributed by atoms with E-state index in [1.54, 1.807) is 42.1 Å². The Morgan fingerprint density at radius 3 is 2.52 bits per heavy atom.